The van der Waals surface area contributed by atoms with Gasteiger partial charge in [-0.25, -0.2) is 4.79 Å². The van der Waals surface area contributed by atoms with Crippen molar-refractivity contribution < 1.29 is 9.59 Å². The summed E-state index contributed by atoms with van der Waals surface area (Å²) < 4.78 is 0. The van der Waals surface area contributed by atoms with Crippen LogP contribution in [-0.4, -0.2) is 44.0 Å². The highest BCUT2D eigenvalue weighted by molar-refractivity contribution is 5.91. The molecule has 0 spiro atoms. The number of carbonyl (C=O) groups is 2. The number of likely N-dealkylation sites (tertiary alicyclic amines) is 1. The number of amides is 3. The van der Waals surface area contributed by atoms with Crippen molar-refractivity contribution in [3.63, 3.8) is 0 Å². The SMILES string of the molecule is Cc1c(NC(=O)N2CCCC(CC(N)=O)C2)cccc1N(C)C. The van der Waals surface area contributed by atoms with E-state index in [1.54, 1.807) is 4.90 Å². The highest BCUT2D eigenvalue weighted by Gasteiger charge is 2.25. The second kappa shape index (κ2) is 7.35. The molecule has 6 nitrogen and oxygen atoms in total. The maximum atomic E-state index is 12.5. The van der Waals surface area contributed by atoms with Crippen LogP contribution >= 0.6 is 0 Å². The summed E-state index contributed by atoms with van der Waals surface area (Å²) in [5.74, 6) is -0.131. The Labute approximate surface area is 137 Å². The average Bonchev–Trinajstić information content (AvgIpc) is 2.48. The highest BCUT2D eigenvalue weighted by atomic mass is 16.2. The van der Waals surface area contributed by atoms with Gasteiger partial charge in [0.25, 0.3) is 0 Å². The molecule has 1 saturated heterocycles. The molecule has 0 aliphatic carbocycles. The van der Waals surface area contributed by atoms with Crippen LogP contribution in [0.25, 0.3) is 0 Å². The first-order valence-corrected chi connectivity index (χ1v) is 7.99. The monoisotopic (exact) mass is 318 g/mol. The summed E-state index contributed by atoms with van der Waals surface area (Å²) in [6.45, 7) is 3.30. The maximum Gasteiger partial charge on any atom is 0.321 e. The van der Waals surface area contributed by atoms with E-state index >= 15 is 0 Å². The fourth-order valence-corrected chi connectivity index (χ4v) is 3.14. The molecule has 1 unspecified atom stereocenters. The summed E-state index contributed by atoms with van der Waals surface area (Å²) in [7, 11) is 3.96. The lowest BCUT2D eigenvalue weighted by molar-refractivity contribution is -0.119. The predicted molar refractivity (Wildman–Crippen MR) is 92.6 cm³/mol. The third-order valence-corrected chi connectivity index (χ3v) is 4.32. The molecule has 1 atom stereocenters. The van der Waals surface area contributed by atoms with Gasteiger partial charge in [-0.3, -0.25) is 4.79 Å². The molecule has 1 aromatic rings. The van der Waals surface area contributed by atoms with E-state index in [0.29, 0.717) is 19.5 Å². The Morgan fingerprint density at radius 2 is 2.13 bits per heavy atom. The molecule has 1 fully saturated rings. The van der Waals surface area contributed by atoms with E-state index in [2.05, 4.69) is 5.32 Å². The Balaban J connectivity index is 2.04. The van der Waals surface area contributed by atoms with Crippen LogP contribution in [0.1, 0.15) is 24.8 Å². The van der Waals surface area contributed by atoms with Gasteiger partial charge >= 0.3 is 6.03 Å². The second-order valence-electron chi connectivity index (χ2n) is 6.40. The Morgan fingerprint density at radius 3 is 2.78 bits per heavy atom. The van der Waals surface area contributed by atoms with Crippen LogP contribution < -0.4 is 16.0 Å². The number of nitrogens with zero attached hydrogens (tertiary/aromatic N) is 2. The number of nitrogens with one attached hydrogen (secondary N) is 1. The Morgan fingerprint density at radius 1 is 1.39 bits per heavy atom. The van der Waals surface area contributed by atoms with E-state index in [0.717, 1.165) is 29.8 Å². The molecule has 2 rings (SSSR count). The summed E-state index contributed by atoms with van der Waals surface area (Å²) in [5.41, 5.74) is 8.20. The van der Waals surface area contributed by atoms with Crippen molar-refractivity contribution in [3.8, 4) is 0 Å². The fourth-order valence-electron chi connectivity index (χ4n) is 3.14. The number of primary amides is 1. The average molecular weight is 318 g/mol. The van der Waals surface area contributed by atoms with Crippen LogP contribution in [0.2, 0.25) is 0 Å². The Kier molecular flexibility index (Phi) is 5.47. The second-order valence-corrected chi connectivity index (χ2v) is 6.40. The number of rotatable bonds is 4. The van der Waals surface area contributed by atoms with Gasteiger partial charge in [0.1, 0.15) is 0 Å². The first-order valence-electron chi connectivity index (χ1n) is 7.99. The van der Waals surface area contributed by atoms with Crippen molar-refractivity contribution in [2.24, 2.45) is 11.7 Å². The minimum Gasteiger partial charge on any atom is -0.377 e. The van der Waals surface area contributed by atoms with Gasteiger partial charge in [0.15, 0.2) is 0 Å². The van der Waals surface area contributed by atoms with Crippen LogP contribution in [0.5, 0.6) is 0 Å². The van der Waals surface area contributed by atoms with Crippen LogP contribution in [0, 0.1) is 12.8 Å². The minimum atomic E-state index is -0.299. The number of urea groups is 1. The molecule has 0 saturated carbocycles. The quantitative estimate of drug-likeness (QED) is 0.893. The van der Waals surface area contributed by atoms with Crippen LogP contribution in [0.15, 0.2) is 18.2 Å². The van der Waals surface area contributed by atoms with Crippen LogP contribution in [-0.2, 0) is 4.79 Å². The van der Waals surface area contributed by atoms with E-state index in [9.17, 15) is 9.59 Å². The zero-order chi connectivity index (χ0) is 17.0. The number of hydrogen-bond donors (Lipinski definition) is 2. The summed E-state index contributed by atoms with van der Waals surface area (Å²) in [6.07, 6.45) is 2.20. The van der Waals surface area contributed by atoms with Crippen molar-refractivity contribution in [2.75, 3.05) is 37.4 Å². The maximum absolute atomic E-state index is 12.5. The van der Waals surface area contributed by atoms with Crippen molar-refractivity contribution in [2.45, 2.75) is 26.2 Å². The van der Waals surface area contributed by atoms with Gasteiger partial charge in [0.2, 0.25) is 5.91 Å². The Hall–Kier alpha value is -2.24. The molecular formula is C17H26N4O2. The van der Waals surface area contributed by atoms with Gasteiger partial charge in [0.05, 0.1) is 0 Å². The normalized spacial score (nSPS) is 17.7. The zero-order valence-electron chi connectivity index (χ0n) is 14.1. The summed E-state index contributed by atoms with van der Waals surface area (Å²) in [5, 5.41) is 2.99. The first-order chi connectivity index (χ1) is 10.9. The molecule has 0 bridgehead atoms. The van der Waals surface area contributed by atoms with E-state index < -0.39 is 0 Å². The van der Waals surface area contributed by atoms with Crippen LogP contribution in [0.3, 0.4) is 0 Å². The topological polar surface area (TPSA) is 78.7 Å². The smallest absolute Gasteiger partial charge is 0.321 e. The summed E-state index contributed by atoms with van der Waals surface area (Å²) in [6, 6.07) is 5.75. The van der Waals surface area contributed by atoms with Gasteiger partial charge in [0, 0.05) is 45.0 Å². The van der Waals surface area contributed by atoms with Gasteiger partial charge < -0.3 is 20.9 Å². The number of hydrogen-bond acceptors (Lipinski definition) is 3. The number of carbonyl (C=O) groups excluding carboxylic acids is 2. The number of piperidine rings is 1. The molecule has 3 N–H and O–H groups in total. The number of benzene rings is 1. The third-order valence-electron chi connectivity index (χ3n) is 4.32. The van der Waals surface area contributed by atoms with E-state index in [1.165, 1.54) is 0 Å². The highest BCUT2D eigenvalue weighted by Crippen LogP contribution is 2.26. The number of anilines is 2. The molecule has 1 aliphatic heterocycles. The van der Waals surface area contributed by atoms with Gasteiger partial charge in [-0.15, -0.1) is 0 Å². The molecule has 3 amide bonds. The summed E-state index contributed by atoms with van der Waals surface area (Å²) >= 11 is 0. The molecule has 1 heterocycles. The molecule has 6 heteroatoms. The lowest BCUT2D eigenvalue weighted by atomic mass is 9.95. The number of nitrogens with two attached hydrogens (primary N) is 1. The van der Waals surface area contributed by atoms with Crippen molar-refractivity contribution >= 4 is 23.3 Å². The van der Waals surface area contributed by atoms with Crippen molar-refractivity contribution in [3.05, 3.63) is 23.8 Å². The summed E-state index contributed by atoms with van der Waals surface area (Å²) in [4.78, 5) is 27.4. The molecule has 0 aromatic heterocycles. The van der Waals surface area contributed by atoms with Gasteiger partial charge in [-0.2, -0.15) is 0 Å². The Bertz CT molecular complexity index is 586. The fraction of sp³-hybridized carbons (Fsp3) is 0.529. The lowest BCUT2D eigenvalue weighted by Crippen LogP contribution is -2.43. The lowest BCUT2D eigenvalue weighted by Gasteiger charge is -2.32. The zero-order valence-corrected chi connectivity index (χ0v) is 14.1. The molecule has 1 aromatic carbocycles. The van der Waals surface area contributed by atoms with E-state index in [4.69, 9.17) is 5.73 Å². The molecule has 126 valence electrons. The van der Waals surface area contributed by atoms with Gasteiger partial charge in [-0.1, -0.05) is 6.07 Å². The standard InChI is InChI=1S/C17H26N4O2/c1-12-14(7-4-8-15(12)20(2)3)19-17(23)21-9-5-6-13(11-21)10-16(18)22/h4,7-8,13H,5-6,9-11H2,1-3H3,(H2,18,22)(H,19,23). The van der Waals surface area contributed by atoms with Crippen LogP contribution in [0.4, 0.5) is 16.2 Å². The third kappa shape index (κ3) is 4.37. The molecular weight excluding hydrogens is 292 g/mol. The van der Waals surface area contributed by atoms with E-state index in [1.807, 2.05) is 44.1 Å². The van der Waals surface area contributed by atoms with Gasteiger partial charge in [-0.05, 0) is 43.4 Å². The van der Waals surface area contributed by atoms with E-state index in [-0.39, 0.29) is 17.9 Å². The first kappa shape index (κ1) is 17.1. The molecule has 1 aliphatic rings. The molecule has 23 heavy (non-hydrogen) atoms. The van der Waals surface area contributed by atoms with Crippen molar-refractivity contribution in [1.82, 2.24) is 4.90 Å². The predicted octanol–water partition coefficient (Wildman–Crippen LogP) is 2.18. The molecule has 0 radical (unpaired) electrons. The van der Waals surface area contributed by atoms with Crippen molar-refractivity contribution in [1.29, 1.82) is 0 Å². The minimum absolute atomic E-state index is 0.113. The largest absolute Gasteiger partial charge is 0.377 e.